The van der Waals surface area contributed by atoms with Gasteiger partial charge in [0, 0.05) is 11.5 Å². The molecule has 3 nitrogen and oxygen atoms in total. The first-order valence-electron chi connectivity index (χ1n) is 8.83. The topological polar surface area (TPSA) is 41.6 Å². The number of benzene rings is 1. The predicted molar refractivity (Wildman–Crippen MR) is 105 cm³/mol. The molecule has 4 heteroatoms. The van der Waals surface area contributed by atoms with Gasteiger partial charge in [0.05, 0.1) is 11.0 Å². The number of aromatic nitrogens is 3. The molecule has 0 aliphatic heterocycles. The van der Waals surface area contributed by atoms with Gasteiger partial charge in [0.15, 0.2) is 5.82 Å². The van der Waals surface area contributed by atoms with Crippen LogP contribution in [0.1, 0.15) is 44.1 Å². The summed E-state index contributed by atoms with van der Waals surface area (Å²) in [4.78, 5) is 12.6. The van der Waals surface area contributed by atoms with Crippen LogP contribution >= 0.6 is 15.9 Å². The van der Waals surface area contributed by atoms with E-state index in [1.54, 1.807) is 6.20 Å². The molecule has 1 aromatic carbocycles. The highest BCUT2D eigenvalue weighted by Crippen LogP contribution is 2.23. The smallest absolute Gasteiger partial charge is 0.157 e. The van der Waals surface area contributed by atoms with Crippen molar-refractivity contribution < 1.29 is 0 Å². The molecule has 2 heterocycles. The van der Waals surface area contributed by atoms with Crippen LogP contribution in [-0.4, -0.2) is 20.3 Å². The number of para-hydroxylation sites is 1. The Kier molecular flexibility index (Phi) is 6.41. The van der Waals surface area contributed by atoms with E-state index in [-0.39, 0.29) is 0 Å². The van der Waals surface area contributed by atoms with E-state index in [1.807, 2.05) is 18.2 Å². The molecule has 0 aliphatic rings. The van der Waals surface area contributed by atoms with Gasteiger partial charge in [-0.25, -0.2) is 4.98 Å². The summed E-state index contributed by atoms with van der Waals surface area (Å²) in [7, 11) is 0. The quantitative estimate of drug-likeness (QED) is 0.367. The van der Waals surface area contributed by atoms with Crippen molar-refractivity contribution in [1.82, 2.24) is 15.0 Å². The fourth-order valence-electron chi connectivity index (χ4n) is 3.03. The minimum absolute atomic E-state index is 0.854. The third-order valence-corrected chi connectivity index (χ3v) is 4.89. The molecular formula is C20H24BrN3. The maximum atomic E-state index is 4.80. The molecule has 3 aromatic rings. The van der Waals surface area contributed by atoms with E-state index in [0.717, 1.165) is 34.3 Å². The van der Waals surface area contributed by atoms with E-state index in [0.29, 0.717) is 0 Å². The molecule has 0 spiro atoms. The zero-order valence-corrected chi connectivity index (χ0v) is 15.6. The van der Waals surface area contributed by atoms with E-state index < -0.39 is 0 Å². The number of pyridine rings is 1. The van der Waals surface area contributed by atoms with E-state index in [9.17, 15) is 0 Å². The molecule has 0 saturated heterocycles. The molecule has 126 valence electrons. The van der Waals surface area contributed by atoms with Gasteiger partial charge < -0.3 is 4.98 Å². The lowest BCUT2D eigenvalue weighted by molar-refractivity contribution is 0.610. The highest BCUT2D eigenvalue weighted by Gasteiger charge is 2.09. The number of halogens is 1. The van der Waals surface area contributed by atoms with E-state index in [2.05, 4.69) is 44.1 Å². The van der Waals surface area contributed by atoms with Crippen LogP contribution in [0.5, 0.6) is 0 Å². The maximum absolute atomic E-state index is 4.80. The van der Waals surface area contributed by atoms with Crippen LogP contribution in [0.3, 0.4) is 0 Å². The molecule has 3 rings (SSSR count). The Morgan fingerprint density at radius 1 is 0.875 bits per heavy atom. The first-order chi connectivity index (χ1) is 11.9. The summed E-state index contributed by atoms with van der Waals surface area (Å²) < 4.78 is 0. The normalized spacial score (nSPS) is 11.2. The predicted octanol–water partition coefficient (Wildman–Crippen LogP) is 5.90. The van der Waals surface area contributed by atoms with Gasteiger partial charge in [-0.1, -0.05) is 59.8 Å². The zero-order chi connectivity index (χ0) is 16.6. The fourth-order valence-corrected chi connectivity index (χ4v) is 3.43. The molecule has 0 unspecified atom stereocenters. The Morgan fingerprint density at radius 2 is 1.71 bits per heavy atom. The van der Waals surface area contributed by atoms with Gasteiger partial charge in [-0.05, 0) is 43.0 Å². The summed E-state index contributed by atoms with van der Waals surface area (Å²) in [6, 6.07) is 12.3. The van der Waals surface area contributed by atoms with Gasteiger partial charge in [-0.15, -0.1) is 0 Å². The molecular weight excluding hydrogens is 362 g/mol. The molecule has 0 saturated carbocycles. The monoisotopic (exact) mass is 385 g/mol. The first-order valence-corrected chi connectivity index (χ1v) is 9.95. The Bertz CT molecular complexity index is 752. The van der Waals surface area contributed by atoms with Gasteiger partial charge >= 0.3 is 0 Å². The van der Waals surface area contributed by atoms with Crippen molar-refractivity contribution in [3.8, 4) is 11.5 Å². The molecule has 0 aliphatic carbocycles. The Morgan fingerprint density at radius 3 is 2.50 bits per heavy atom. The zero-order valence-electron chi connectivity index (χ0n) is 14.0. The highest BCUT2D eigenvalue weighted by atomic mass is 79.9. The van der Waals surface area contributed by atoms with Crippen molar-refractivity contribution in [3.05, 3.63) is 48.2 Å². The number of hydrogen-bond donors (Lipinski definition) is 1. The number of rotatable bonds is 9. The number of hydrogen-bond acceptors (Lipinski definition) is 2. The molecule has 0 radical (unpaired) electrons. The lowest BCUT2D eigenvalue weighted by Crippen LogP contribution is -1.89. The van der Waals surface area contributed by atoms with Crippen LogP contribution in [0.15, 0.2) is 42.6 Å². The van der Waals surface area contributed by atoms with Crippen LogP contribution in [0.25, 0.3) is 22.6 Å². The largest absolute Gasteiger partial charge is 0.337 e. The lowest BCUT2D eigenvalue weighted by Gasteiger charge is -2.03. The van der Waals surface area contributed by atoms with Crippen LogP contribution in [0.2, 0.25) is 0 Å². The summed E-state index contributed by atoms with van der Waals surface area (Å²) in [6.07, 6.45) is 10.8. The summed E-state index contributed by atoms with van der Waals surface area (Å²) in [6.45, 7) is 0. The Balaban J connectivity index is 1.63. The van der Waals surface area contributed by atoms with E-state index in [1.165, 1.54) is 44.1 Å². The summed E-state index contributed by atoms with van der Waals surface area (Å²) in [5.41, 5.74) is 4.43. The minimum atomic E-state index is 0.854. The number of H-pyrrole nitrogens is 1. The second-order valence-corrected chi connectivity index (χ2v) is 6.97. The van der Waals surface area contributed by atoms with E-state index >= 15 is 0 Å². The van der Waals surface area contributed by atoms with Crippen LogP contribution in [-0.2, 0) is 6.42 Å². The minimum Gasteiger partial charge on any atom is -0.337 e. The number of alkyl halides is 1. The number of aromatic amines is 1. The van der Waals surface area contributed by atoms with Crippen LogP contribution in [0, 0.1) is 0 Å². The first kappa shape index (κ1) is 17.2. The van der Waals surface area contributed by atoms with Crippen molar-refractivity contribution in [3.63, 3.8) is 0 Å². The highest BCUT2D eigenvalue weighted by molar-refractivity contribution is 9.09. The summed E-state index contributed by atoms with van der Waals surface area (Å²) in [5.74, 6) is 0.854. The van der Waals surface area contributed by atoms with Gasteiger partial charge in [0.25, 0.3) is 0 Å². The van der Waals surface area contributed by atoms with Crippen molar-refractivity contribution in [2.75, 3.05) is 5.33 Å². The van der Waals surface area contributed by atoms with Gasteiger partial charge in [-0.2, -0.15) is 0 Å². The summed E-state index contributed by atoms with van der Waals surface area (Å²) >= 11 is 3.49. The lowest BCUT2D eigenvalue weighted by atomic mass is 10.0. The molecule has 0 atom stereocenters. The average Bonchev–Trinajstić information content (AvgIpc) is 3.07. The number of fused-ring (bicyclic) bond motifs is 1. The van der Waals surface area contributed by atoms with E-state index in [4.69, 9.17) is 4.98 Å². The van der Waals surface area contributed by atoms with Crippen molar-refractivity contribution in [2.24, 2.45) is 0 Å². The molecule has 0 amide bonds. The van der Waals surface area contributed by atoms with Gasteiger partial charge in [0.1, 0.15) is 5.69 Å². The molecule has 2 aromatic heterocycles. The Hall–Kier alpha value is -1.68. The molecule has 0 fully saturated rings. The third kappa shape index (κ3) is 4.44. The SMILES string of the molecule is BrCCCCCCCCc1cccc2[nH]c(-c3ccccn3)nc12. The molecule has 0 bridgehead atoms. The third-order valence-electron chi connectivity index (χ3n) is 4.33. The fraction of sp³-hybridized carbons (Fsp3) is 0.400. The van der Waals surface area contributed by atoms with Gasteiger partial charge in [-0.3, -0.25) is 4.98 Å². The van der Waals surface area contributed by atoms with Crippen molar-refractivity contribution >= 4 is 27.0 Å². The summed E-state index contributed by atoms with van der Waals surface area (Å²) in [5, 5.41) is 1.13. The second kappa shape index (κ2) is 8.97. The maximum Gasteiger partial charge on any atom is 0.157 e. The molecule has 1 N–H and O–H groups in total. The standard InChI is InChI=1S/C20H24BrN3/c21-14-7-4-2-1-3-5-10-16-11-9-13-17-19(16)24-20(23-17)18-12-6-8-15-22-18/h6,8-9,11-13,15H,1-5,7,10,14H2,(H,23,24). The number of imidazole rings is 1. The number of nitrogens with zero attached hydrogens (tertiary/aromatic N) is 2. The number of unbranched alkanes of at least 4 members (excludes halogenated alkanes) is 5. The van der Waals surface area contributed by atoms with Crippen LogP contribution < -0.4 is 0 Å². The second-order valence-electron chi connectivity index (χ2n) is 6.17. The van der Waals surface area contributed by atoms with Crippen LogP contribution in [0.4, 0.5) is 0 Å². The van der Waals surface area contributed by atoms with Crippen molar-refractivity contribution in [2.45, 2.75) is 44.9 Å². The Labute approximate surface area is 152 Å². The average molecular weight is 386 g/mol. The number of nitrogens with one attached hydrogen (secondary N) is 1. The molecule has 24 heavy (non-hydrogen) atoms. The number of aryl methyl sites for hydroxylation is 1. The van der Waals surface area contributed by atoms with Gasteiger partial charge in [0.2, 0.25) is 0 Å². The van der Waals surface area contributed by atoms with Crippen molar-refractivity contribution in [1.29, 1.82) is 0 Å².